The van der Waals surface area contributed by atoms with Crippen LogP contribution < -0.4 is 10.5 Å². The van der Waals surface area contributed by atoms with Crippen LogP contribution in [-0.2, 0) is 0 Å². The SMILES string of the molecule is Cc1cc(OC(F)(F)F)cc(C(N)=O)c1. The van der Waals surface area contributed by atoms with E-state index in [1.54, 1.807) is 0 Å². The highest BCUT2D eigenvalue weighted by Crippen LogP contribution is 2.24. The maximum absolute atomic E-state index is 11.9. The molecule has 3 nitrogen and oxygen atoms in total. The van der Waals surface area contributed by atoms with Gasteiger partial charge in [-0.3, -0.25) is 4.79 Å². The Morgan fingerprint density at radius 1 is 1.33 bits per heavy atom. The van der Waals surface area contributed by atoms with Crippen LogP contribution in [0.2, 0.25) is 0 Å². The molecule has 1 rings (SSSR count). The molecule has 1 aromatic carbocycles. The minimum absolute atomic E-state index is 0.0192. The molecule has 1 amide bonds. The predicted octanol–water partition coefficient (Wildman–Crippen LogP) is 1.99. The lowest BCUT2D eigenvalue weighted by atomic mass is 10.1. The Balaban J connectivity index is 3.04. The van der Waals surface area contributed by atoms with Gasteiger partial charge in [-0.2, -0.15) is 0 Å². The van der Waals surface area contributed by atoms with Gasteiger partial charge in [0.25, 0.3) is 0 Å². The van der Waals surface area contributed by atoms with Gasteiger partial charge < -0.3 is 10.5 Å². The smallest absolute Gasteiger partial charge is 0.406 e. The third-order valence-electron chi connectivity index (χ3n) is 1.57. The Hall–Kier alpha value is -1.72. The van der Waals surface area contributed by atoms with Gasteiger partial charge in [-0.05, 0) is 30.7 Å². The van der Waals surface area contributed by atoms with Crippen molar-refractivity contribution in [3.8, 4) is 5.75 Å². The van der Waals surface area contributed by atoms with Crippen LogP contribution >= 0.6 is 0 Å². The number of carbonyl (C=O) groups is 1. The summed E-state index contributed by atoms with van der Waals surface area (Å²) in [5, 5.41) is 0. The number of rotatable bonds is 2. The molecule has 0 bridgehead atoms. The quantitative estimate of drug-likeness (QED) is 0.826. The van der Waals surface area contributed by atoms with Crippen LogP contribution in [0.3, 0.4) is 0 Å². The Bertz CT molecular complexity index is 387. The molecule has 0 aliphatic rings. The number of carbonyl (C=O) groups excluding carboxylic acids is 1. The molecule has 0 aliphatic heterocycles. The molecular formula is C9H8F3NO2. The molecule has 15 heavy (non-hydrogen) atoms. The van der Waals surface area contributed by atoms with Crippen LogP contribution in [0.1, 0.15) is 15.9 Å². The van der Waals surface area contributed by atoms with Crippen LogP contribution in [0.25, 0.3) is 0 Å². The van der Waals surface area contributed by atoms with Gasteiger partial charge in [0.05, 0.1) is 0 Å². The van der Waals surface area contributed by atoms with Gasteiger partial charge in [-0.25, -0.2) is 0 Å². The van der Waals surface area contributed by atoms with Gasteiger partial charge in [-0.1, -0.05) is 0 Å². The fourth-order valence-electron chi connectivity index (χ4n) is 1.08. The minimum Gasteiger partial charge on any atom is -0.406 e. The average molecular weight is 219 g/mol. The first kappa shape index (κ1) is 11.4. The third kappa shape index (κ3) is 3.49. The normalized spacial score (nSPS) is 11.2. The summed E-state index contributed by atoms with van der Waals surface area (Å²) < 4.78 is 39.3. The summed E-state index contributed by atoms with van der Waals surface area (Å²) in [4.78, 5) is 10.8. The van der Waals surface area contributed by atoms with Gasteiger partial charge in [0.15, 0.2) is 0 Å². The van der Waals surface area contributed by atoms with E-state index in [1.165, 1.54) is 19.1 Å². The monoisotopic (exact) mass is 219 g/mol. The van der Waals surface area contributed by atoms with E-state index in [0.717, 1.165) is 6.07 Å². The number of hydrogen-bond donors (Lipinski definition) is 1. The minimum atomic E-state index is -4.78. The average Bonchev–Trinajstić information content (AvgIpc) is 1.99. The van der Waals surface area contributed by atoms with Gasteiger partial charge in [0.1, 0.15) is 5.75 Å². The molecule has 0 unspecified atom stereocenters. The molecular weight excluding hydrogens is 211 g/mol. The van der Waals surface area contributed by atoms with Gasteiger partial charge in [0.2, 0.25) is 5.91 Å². The van der Waals surface area contributed by atoms with Crippen molar-refractivity contribution in [1.29, 1.82) is 0 Å². The van der Waals surface area contributed by atoms with Gasteiger partial charge >= 0.3 is 6.36 Å². The van der Waals surface area contributed by atoms with E-state index in [-0.39, 0.29) is 5.56 Å². The Kier molecular flexibility index (Phi) is 2.88. The molecule has 0 heterocycles. The zero-order chi connectivity index (χ0) is 11.6. The summed E-state index contributed by atoms with van der Waals surface area (Å²) in [5.41, 5.74) is 5.38. The molecule has 0 saturated heterocycles. The largest absolute Gasteiger partial charge is 0.573 e. The molecule has 2 N–H and O–H groups in total. The Labute approximate surface area is 83.6 Å². The Morgan fingerprint density at radius 2 is 1.93 bits per heavy atom. The van der Waals surface area contributed by atoms with Crippen molar-refractivity contribution in [1.82, 2.24) is 0 Å². The van der Waals surface area contributed by atoms with E-state index in [2.05, 4.69) is 4.74 Å². The summed E-state index contributed by atoms with van der Waals surface area (Å²) >= 11 is 0. The number of halogens is 3. The fourth-order valence-corrected chi connectivity index (χ4v) is 1.08. The predicted molar refractivity (Wildman–Crippen MR) is 46.4 cm³/mol. The molecule has 0 spiro atoms. The van der Waals surface area contributed by atoms with Crippen LogP contribution in [-0.4, -0.2) is 12.3 Å². The highest BCUT2D eigenvalue weighted by Gasteiger charge is 2.31. The summed E-state index contributed by atoms with van der Waals surface area (Å²) in [7, 11) is 0. The molecule has 0 aromatic heterocycles. The molecule has 1 aromatic rings. The van der Waals surface area contributed by atoms with Crippen molar-refractivity contribution in [2.45, 2.75) is 13.3 Å². The number of benzene rings is 1. The third-order valence-corrected chi connectivity index (χ3v) is 1.57. The molecule has 0 saturated carbocycles. The molecule has 6 heteroatoms. The van der Waals surface area contributed by atoms with E-state index in [1.807, 2.05) is 0 Å². The first-order valence-corrected chi connectivity index (χ1v) is 3.95. The fraction of sp³-hybridized carbons (Fsp3) is 0.222. The van der Waals surface area contributed by atoms with Crippen molar-refractivity contribution in [3.05, 3.63) is 29.3 Å². The number of ether oxygens (including phenoxy) is 1. The van der Waals surface area contributed by atoms with E-state index in [0.29, 0.717) is 5.56 Å². The molecule has 82 valence electrons. The van der Waals surface area contributed by atoms with Gasteiger partial charge in [0, 0.05) is 5.56 Å². The first-order valence-electron chi connectivity index (χ1n) is 3.95. The lowest BCUT2D eigenvalue weighted by Gasteiger charge is -2.10. The zero-order valence-corrected chi connectivity index (χ0v) is 7.76. The number of alkyl halides is 3. The first-order chi connectivity index (χ1) is 6.78. The zero-order valence-electron chi connectivity index (χ0n) is 7.76. The van der Waals surface area contributed by atoms with Crippen LogP contribution in [0.15, 0.2) is 18.2 Å². The van der Waals surface area contributed by atoms with E-state index < -0.39 is 18.0 Å². The van der Waals surface area contributed by atoms with Crippen LogP contribution in [0.5, 0.6) is 5.75 Å². The summed E-state index contributed by atoms with van der Waals surface area (Å²) in [6.07, 6.45) is -4.78. The van der Waals surface area contributed by atoms with Crippen LogP contribution in [0.4, 0.5) is 13.2 Å². The summed E-state index contributed by atoms with van der Waals surface area (Å²) in [6, 6.07) is 3.49. The molecule has 0 atom stereocenters. The lowest BCUT2D eigenvalue weighted by molar-refractivity contribution is -0.274. The van der Waals surface area contributed by atoms with Crippen molar-refractivity contribution in [2.24, 2.45) is 5.73 Å². The topological polar surface area (TPSA) is 52.3 Å². The number of primary amides is 1. The second kappa shape index (κ2) is 3.80. The summed E-state index contributed by atoms with van der Waals surface area (Å²) in [6.45, 7) is 1.54. The second-order valence-electron chi connectivity index (χ2n) is 2.95. The van der Waals surface area contributed by atoms with Gasteiger partial charge in [-0.15, -0.1) is 13.2 Å². The highest BCUT2D eigenvalue weighted by molar-refractivity contribution is 5.93. The standard InChI is InChI=1S/C9H8F3NO2/c1-5-2-6(8(13)14)4-7(3-5)15-9(10,11)12/h2-4H,1H3,(H2,13,14). The second-order valence-corrected chi connectivity index (χ2v) is 2.95. The molecule has 0 fully saturated rings. The number of aryl methyl sites for hydroxylation is 1. The molecule has 0 aliphatic carbocycles. The van der Waals surface area contributed by atoms with Crippen molar-refractivity contribution in [3.63, 3.8) is 0 Å². The molecule has 0 radical (unpaired) electrons. The van der Waals surface area contributed by atoms with E-state index in [4.69, 9.17) is 5.73 Å². The van der Waals surface area contributed by atoms with E-state index >= 15 is 0 Å². The maximum Gasteiger partial charge on any atom is 0.573 e. The van der Waals surface area contributed by atoms with Crippen molar-refractivity contribution in [2.75, 3.05) is 0 Å². The van der Waals surface area contributed by atoms with Crippen molar-refractivity contribution >= 4 is 5.91 Å². The number of hydrogen-bond acceptors (Lipinski definition) is 2. The Morgan fingerprint density at radius 3 is 2.40 bits per heavy atom. The maximum atomic E-state index is 11.9. The summed E-state index contributed by atoms with van der Waals surface area (Å²) in [5.74, 6) is -1.25. The van der Waals surface area contributed by atoms with Crippen LogP contribution in [0, 0.1) is 6.92 Å². The lowest BCUT2D eigenvalue weighted by Crippen LogP contribution is -2.18. The van der Waals surface area contributed by atoms with Crippen molar-refractivity contribution < 1.29 is 22.7 Å². The number of nitrogens with two attached hydrogens (primary N) is 1. The van der Waals surface area contributed by atoms with E-state index in [9.17, 15) is 18.0 Å². The highest BCUT2D eigenvalue weighted by atomic mass is 19.4. The number of amides is 1.